The van der Waals surface area contributed by atoms with Crippen molar-refractivity contribution in [2.75, 3.05) is 32.8 Å². The molecule has 2 heterocycles. The number of ether oxygens (including phenoxy) is 1. The van der Waals surface area contributed by atoms with Gasteiger partial charge in [0.15, 0.2) is 5.82 Å². The summed E-state index contributed by atoms with van der Waals surface area (Å²) in [6.07, 6.45) is -0.142. The molecule has 31 heavy (non-hydrogen) atoms. The minimum absolute atomic E-state index is 0.0315. The van der Waals surface area contributed by atoms with Gasteiger partial charge in [0.2, 0.25) is 0 Å². The van der Waals surface area contributed by atoms with Crippen LogP contribution in [0, 0.1) is 0 Å². The molecule has 168 valence electrons. The molecule has 1 aromatic heterocycles. The summed E-state index contributed by atoms with van der Waals surface area (Å²) in [5.74, 6) is -0.388. The van der Waals surface area contributed by atoms with Gasteiger partial charge in [0, 0.05) is 32.7 Å². The van der Waals surface area contributed by atoms with Crippen molar-refractivity contribution in [3.8, 4) is 0 Å². The first-order valence-electron chi connectivity index (χ1n) is 9.85. The molecule has 3 rings (SSSR count). The van der Waals surface area contributed by atoms with E-state index in [4.69, 9.17) is 32.5 Å². The number of carbonyl (C=O) groups is 2. The number of hydrogen-bond donors (Lipinski definition) is 3. The normalized spacial score (nSPS) is 16.7. The highest BCUT2D eigenvalue weighted by molar-refractivity contribution is 6.42. The van der Waals surface area contributed by atoms with E-state index in [1.54, 1.807) is 13.0 Å². The van der Waals surface area contributed by atoms with Crippen molar-refractivity contribution < 1.29 is 18.8 Å². The van der Waals surface area contributed by atoms with Gasteiger partial charge in [0.25, 0.3) is 0 Å². The molecule has 10 nitrogen and oxygen atoms in total. The van der Waals surface area contributed by atoms with Crippen molar-refractivity contribution in [3.63, 3.8) is 0 Å². The minimum atomic E-state index is -0.453. The molecular weight excluding hydrogens is 447 g/mol. The number of urea groups is 1. The van der Waals surface area contributed by atoms with E-state index in [2.05, 4.69) is 31.0 Å². The standard InChI is InChI=1S/C19H24Cl2N6O4/c1-2-22-17(28)18-25-16(26-31-18)9-24-19(29)23-8-13-11-27(5-6-30-13)10-12-3-4-14(20)15(21)7-12/h3-4,7,13H,2,5-6,8-11H2,1H3,(H,22,28)(H2,23,24,29)/t13-/m0/s1. The van der Waals surface area contributed by atoms with E-state index >= 15 is 0 Å². The molecule has 0 spiro atoms. The van der Waals surface area contributed by atoms with Crippen LogP contribution in [0.4, 0.5) is 4.79 Å². The number of amides is 3. The minimum Gasteiger partial charge on any atom is -0.374 e. The van der Waals surface area contributed by atoms with Gasteiger partial charge in [-0.2, -0.15) is 4.98 Å². The first kappa shape index (κ1) is 23.3. The van der Waals surface area contributed by atoms with Crippen LogP contribution >= 0.6 is 23.2 Å². The van der Waals surface area contributed by atoms with Crippen LogP contribution in [0.1, 0.15) is 29.0 Å². The summed E-state index contributed by atoms with van der Waals surface area (Å²) in [6, 6.07) is 5.19. The van der Waals surface area contributed by atoms with Crippen LogP contribution in [0.25, 0.3) is 0 Å². The Kier molecular flexibility index (Phi) is 8.47. The Balaban J connectivity index is 1.39. The molecule has 1 aliphatic heterocycles. The number of benzene rings is 1. The fourth-order valence-electron chi connectivity index (χ4n) is 3.03. The van der Waals surface area contributed by atoms with Crippen LogP contribution in [0.2, 0.25) is 10.0 Å². The monoisotopic (exact) mass is 470 g/mol. The number of hydrogen-bond acceptors (Lipinski definition) is 7. The van der Waals surface area contributed by atoms with Crippen molar-refractivity contribution in [2.45, 2.75) is 26.1 Å². The first-order valence-corrected chi connectivity index (χ1v) is 10.6. The number of morpholine rings is 1. The van der Waals surface area contributed by atoms with Crippen molar-refractivity contribution in [3.05, 3.63) is 45.5 Å². The highest BCUT2D eigenvalue weighted by Crippen LogP contribution is 2.23. The summed E-state index contributed by atoms with van der Waals surface area (Å²) in [6.45, 7) is 5.35. The Hall–Kier alpha value is -2.40. The maximum absolute atomic E-state index is 12.1. The molecule has 1 aliphatic rings. The summed E-state index contributed by atoms with van der Waals surface area (Å²) >= 11 is 12.1. The molecule has 0 saturated carbocycles. The fourth-order valence-corrected chi connectivity index (χ4v) is 3.35. The summed E-state index contributed by atoms with van der Waals surface area (Å²) in [4.78, 5) is 29.8. The zero-order valence-electron chi connectivity index (χ0n) is 17.0. The lowest BCUT2D eigenvalue weighted by molar-refractivity contribution is -0.0287. The Morgan fingerprint density at radius 3 is 2.84 bits per heavy atom. The van der Waals surface area contributed by atoms with Crippen LogP contribution in [0.3, 0.4) is 0 Å². The first-order chi connectivity index (χ1) is 14.9. The second kappa shape index (κ2) is 11.3. The van der Waals surface area contributed by atoms with Gasteiger partial charge in [0.05, 0.1) is 29.3 Å². The molecule has 0 bridgehead atoms. The van der Waals surface area contributed by atoms with Crippen molar-refractivity contribution >= 4 is 35.1 Å². The fraction of sp³-hybridized carbons (Fsp3) is 0.474. The third kappa shape index (κ3) is 7.06. The van der Waals surface area contributed by atoms with Gasteiger partial charge in [-0.25, -0.2) is 4.79 Å². The lowest BCUT2D eigenvalue weighted by Gasteiger charge is -2.33. The van der Waals surface area contributed by atoms with Gasteiger partial charge >= 0.3 is 17.8 Å². The average Bonchev–Trinajstić information content (AvgIpc) is 3.23. The number of nitrogens with zero attached hydrogens (tertiary/aromatic N) is 3. The second-order valence-electron chi connectivity index (χ2n) is 6.92. The molecule has 0 radical (unpaired) electrons. The van der Waals surface area contributed by atoms with Gasteiger partial charge in [-0.1, -0.05) is 34.4 Å². The molecule has 1 fully saturated rings. The van der Waals surface area contributed by atoms with Gasteiger partial charge in [-0.3, -0.25) is 9.69 Å². The van der Waals surface area contributed by atoms with E-state index in [1.807, 2.05) is 12.1 Å². The number of nitrogens with one attached hydrogen (secondary N) is 3. The van der Waals surface area contributed by atoms with Crippen molar-refractivity contribution in [1.29, 1.82) is 0 Å². The van der Waals surface area contributed by atoms with E-state index in [9.17, 15) is 9.59 Å². The zero-order valence-corrected chi connectivity index (χ0v) is 18.5. The largest absolute Gasteiger partial charge is 0.374 e. The number of halogens is 2. The quantitative estimate of drug-likeness (QED) is 0.537. The molecule has 0 aliphatic carbocycles. The summed E-state index contributed by atoms with van der Waals surface area (Å²) in [5, 5.41) is 12.7. The zero-order chi connectivity index (χ0) is 22.2. The predicted octanol–water partition coefficient (Wildman–Crippen LogP) is 1.83. The SMILES string of the molecule is CCNC(=O)c1nc(CNC(=O)NC[C@H]2CN(Cc3ccc(Cl)c(Cl)c3)CCO2)no1. The molecule has 1 saturated heterocycles. The van der Waals surface area contributed by atoms with Crippen LogP contribution in [-0.4, -0.2) is 65.9 Å². The molecule has 12 heteroatoms. The van der Waals surface area contributed by atoms with Crippen LogP contribution in [0.15, 0.2) is 22.7 Å². The van der Waals surface area contributed by atoms with Gasteiger partial charge in [0.1, 0.15) is 0 Å². The third-order valence-corrected chi connectivity index (χ3v) is 5.25. The Bertz CT molecular complexity index is 909. The maximum Gasteiger partial charge on any atom is 0.316 e. The Morgan fingerprint density at radius 2 is 2.06 bits per heavy atom. The lowest BCUT2D eigenvalue weighted by Crippen LogP contribution is -2.48. The highest BCUT2D eigenvalue weighted by atomic mass is 35.5. The van der Waals surface area contributed by atoms with Crippen molar-refractivity contribution in [1.82, 2.24) is 31.0 Å². The smallest absolute Gasteiger partial charge is 0.316 e. The molecule has 1 aromatic carbocycles. The van der Waals surface area contributed by atoms with Gasteiger partial charge in [-0.05, 0) is 24.6 Å². The van der Waals surface area contributed by atoms with Crippen LogP contribution in [0.5, 0.6) is 0 Å². The highest BCUT2D eigenvalue weighted by Gasteiger charge is 2.21. The van der Waals surface area contributed by atoms with Gasteiger partial charge < -0.3 is 25.2 Å². The second-order valence-corrected chi connectivity index (χ2v) is 7.73. The number of rotatable bonds is 8. The Morgan fingerprint density at radius 1 is 1.23 bits per heavy atom. The van der Waals surface area contributed by atoms with E-state index < -0.39 is 11.9 Å². The number of carbonyl (C=O) groups excluding carboxylic acids is 2. The van der Waals surface area contributed by atoms with E-state index in [-0.39, 0.29) is 24.4 Å². The van der Waals surface area contributed by atoms with Crippen molar-refractivity contribution in [2.24, 2.45) is 0 Å². The molecular formula is C19H24Cl2N6O4. The van der Waals surface area contributed by atoms with E-state index in [1.165, 1.54) is 0 Å². The molecule has 3 N–H and O–H groups in total. The van der Waals surface area contributed by atoms with Crippen LogP contribution < -0.4 is 16.0 Å². The number of aromatic nitrogens is 2. The molecule has 3 amide bonds. The summed E-state index contributed by atoms with van der Waals surface area (Å²) in [7, 11) is 0. The molecule has 2 aromatic rings. The van der Waals surface area contributed by atoms with E-state index in [0.29, 0.717) is 42.8 Å². The lowest BCUT2D eigenvalue weighted by atomic mass is 10.2. The maximum atomic E-state index is 12.1. The summed E-state index contributed by atoms with van der Waals surface area (Å²) in [5.41, 5.74) is 1.06. The molecule has 0 unspecified atom stereocenters. The summed E-state index contributed by atoms with van der Waals surface area (Å²) < 4.78 is 10.6. The third-order valence-electron chi connectivity index (χ3n) is 4.51. The Labute approximate surface area is 189 Å². The van der Waals surface area contributed by atoms with Crippen LogP contribution in [-0.2, 0) is 17.8 Å². The van der Waals surface area contributed by atoms with E-state index in [0.717, 1.165) is 12.1 Å². The molecule has 1 atom stereocenters. The topological polar surface area (TPSA) is 122 Å². The van der Waals surface area contributed by atoms with Gasteiger partial charge in [-0.15, -0.1) is 0 Å². The average molecular weight is 471 g/mol. The predicted molar refractivity (Wildman–Crippen MR) is 114 cm³/mol.